The number of hydrogen-bond acceptors (Lipinski definition) is 5. The molecule has 1 heterocycles. The maximum Gasteiger partial charge on any atom is 0.407 e. The van der Waals surface area contributed by atoms with E-state index in [4.69, 9.17) is 0 Å². The zero-order valence-electron chi connectivity index (χ0n) is 15.3. The lowest BCUT2D eigenvalue weighted by atomic mass is 9.79. The summed E-state index contributed by atoms with van der Waals surface area (Å²) in [5.74, 6) is -1.36. The van der Waals surface area contributed by atoms with Crippen LogP contribution in [0.15, 0.2) is 30.3 Å². The number of hydrogen-bond donors (Lipinski definition) is 3. The van der Waals surface area contributed by atoms with Gasteiger partial charge in [0.2, 0.25) is 0 Å². The number of benzene rings is 1. The van der Waals surface area contributed by atoms with Gasteiger partial charge in [-0.25, -0.2) is 4.79 Å². The van der Waals surface area contributed by atoms with E-state index in [1.165, 1.54) is 7.11 Å². The standard InChI is InChI=1S/C19H26N2O5/c1-12(2)15(20-18(25)26-3)16(22)19(10-9-14(21-19)17(23)24)11-13-7-5-4-6-8-13/h4-8,12,14-15,21H,9-11H2,1-3H3,(H,20,25)(H,23,24). The molecule has 3 atom stereocenters. The van der Waals surface area contributed by atoms with E-state index in [9.17, 15) is 19.5 Å². The van der Waals surface area contributed by atoms with Gasteiger partial charge in [-0.1, -0.05) is 44.2 Å². The van der Waals surface area contributed by atoms with Crippen LogP contribution in [0.3, 0.4) is 0 Å². The van der Waals surface area contributed by atoms with Crippen LogP contribution in [0, 0.1) is 5.92 Å². The molecule has 0 aromatic heterocycles. The number of carboxylic acid groups (broad SMARTS) is 1. The van der Waals surface area contributed by atoms with Gasteiger partial charge in [-0.3, -0.25) is 14.9 Å². The Hall–Kier alpha value is -2.41. The number of nitrogens with one attached hydrogen (secondary N) is 2. The van der Waals surface area contributed by atoms with E-state index >= 15 is 0 Å². The highest BCUT2D eigenvalue weighted by atomic mass is 16.5. The van der Waals surface area contributed by atoms with E-state index in [0.29, 0.717) is 19.3 Å². The number of aliphatic carboxylic acids is 1. The van der Waals surface area contributed by atoms with Gasteiger partial charge in [0, 0.05) is 0 Å². The summed E-state index contributed by atoms with van der Waals surface area (Å²) in [5.41, 5.74) is -0.111. The first-order valence-corrected chi connectivity index (χ1v) is 8.72. The number of carbonyl (C=O) groups is 3. The highest BCUT2D eigenvalue weighted by Gasteiger charge is 2.49. The van der Waals surface area contributed by atoms with Crippen LogP contribution >= 0.6 is 0 Å². The monoisotopic (exact) mass is 362 g/mol. The quantitative estimate of drug-likeness (QED) is 0.683. The number of alkyl carbamates (subject to hydrolysis) is 1. The topological polar surface area (TPSA) is 105 Å². The summed E-state index contributed by atoms with van der Waals surface area (Å²) < 4.78 is 4.64. The highest BCUT2D eigenvalue weighted by molar-refractivity contribution is 5.96. The third-order valence-corrected chi connectivity index (χ3v) is 4.84. The minimum atomic E-state index is -1.04. The highest BCUT2D eigenvalue weighted by Crippen LogP contribution is 2.31. The second-order valence-electron chi connectivity index (χ2n) is 7.04. The van der Waals surface area contributed by atoms with Crippen molar-refractivity contribution in [1.82, 2.24) is 10.6 Å². The minimum absolute atomic E-state index is 0.167. The summed E-state index contributed by atoms with van der Waals surface area (Å²) in [7, 11) is 1.24. The van der Waals surface area contributed by atoms with E-state index in [2.05, 4.69) is 15.4 Å². The van der Waals surface area contributed by atoms with Crippen molar-refractivity contribution in [2.75, 3.05) is 7.11 Å². The number of rotatable bonds is 7. The van der Waals surface area contributed by atoms with Gasteiger partial charge in [0.15, 0.2) is 5.78 Å². The molecule has 0 spiro atoms. The SMILES string of the molecule is COC(=O)NC(C(=O)C1(Cc2ccccc2)CCC(C(=O)O)N1)C(C)C. The molecule has 0 saturated carbocycles. The maximum absolute atomic E-state index is 13.4. The molecular weight excluding hydrogens is 336 g/mol. The minimum Gasteiger partial charge on any atom is -0.480 e. The molecule has 1 aromatic carbocycles. The molecule has 142 valence electrons. The lowest BCUT2D eigenvalue weighted by Gasteiger charge is -2.34. The molecule has 0 bridgehead atoms. The van der Waals surface area contributed by atoms with Crippen LogP contribution in [-0.4, -0.2) is 47.7 Å². The second kappa shape index (κ2) is 8.31. The first-order valence-electron chi connectivity index (χ1n) is 8.72. The Balaban J connectivity index is 2.34. The first kappa shape index (κ1) is 19.9. The smallest absolute Gasteiger partial charge is 0.407 e. The van der Waals surface area contributed by atoms with Crippen LogP contribution in [0.2, 0.25) is 0 Å². The number of carbonyl (C=O) groups excluding carboxylic acids is 2. The van der Waals surface area contributed by atoms with Gasteiger partial charge in [-0.15, -0.1) is 0 Å². The van der Waals surface area contributed by atoms with Gasteiger partial charge in [-0.05, 0) is 30.7 Å². The normalized spacial score (nSPS) is 23.5. The summed E-state index contributed by atoms with van der Waals surface area (Å²) in [6.07, 6.45) is 0.433. The molecule has 1 amide bonds. The first-order chi connectivity index (χ1) is 12.3. The molecule has 3 unspecified atom stereocenters. The molecule has 7 heteroatoms. The third kappa shape index (κ3) is 4.40. The Morgan fingerprint density at radius 3 is 2.46 bits per heavy atom. The number of ether oxygens (including phenoxy) is 1. The average Bonchev–Trinajstić information content (AvgIpc) is 3.05. The third-order valence-electron chi connectivity index (χ3n) is 4.84. The largest absolute Gasteiger partial charge is 0.480 e. The van der Waals surface area contributed by atoms with Crippen LogP contribution in [0.25, 0.3) is 0 Å². The molecule has 26 heavy (non-hydrogen) atoms. The maximum atomic E-state index is 13.4. The van der Waals surface area contributed by atoms with E-state index in [0.717, 1.165) is 5.56 Å². The Morgan fingerprint density at radius 2 is 1.96 bits per heavy atom. The van der Waals surface area contributed by atoms with Gasteiger partial charge >= 0.3 is 12.1 Å². The fraction of sp³-hybridized carbons (Fsp3) is 0.526. The predicted molar refractivity (Wildman–Crippen MR) is 95.8 cm³/mol. The lowest BCUT2D eigenvalue weighted by molar-refractivity contribution is -0.139. The van der Waals surface area contributed by atoms with Crippen molar-refractivity contribution < 1.29 is 24.2 Å². The Morgan fingerprint density at radius 1 is 1.31 bits per heavy atom. The van der Waals surface area contributed by atoms with Crippen molar-refractivity contribution in [2.45, 2.75) is 50.7 Å². The summed E-state index contributed by atoms with van der Waals surface area (Å²) in [6.45, 7) is 3.66. The van der Waals surface area contributed by atoms with Crippen molar-refractivity contribution in [1.29, 1.82) is 0 Å². The van der Waals surface area contributed by atoms with Crippen molar-refractivity contribution in [3.63, 3.8) is 0 Å². The molecule has 0 radical (unpaired) electrons. The van der Waals surface area contributed by atoms with Gasteiger partial charge in [-0.2, -0.15) is 0 Å². The van der Waals surface area contributed by atoms with Crippen LogP contribution in [0.4, 0.5) is 4.79 Å². The number of Topliss-reactive ketones (excluding diaryl/α,β-unsaturated/α-hetero) is 1. The van der Waals surface area contributed by atoms with Gasteiger partial charge in [0.25, 0.3) is 0 Å². The van der Waals surface area contributed by atoms with Crippen molar-refractivity contribution >= 4 is 17.8 Å². The molecule has 1 aliphatic heterocycles. The summed E-state index contributed by atoms with van der Waals surface area (Å²) in [5, 5.41) is 15.0. The van der Waals surface area contributed by atoms with Crippen molar-refractivity contribution in [2.24, 2.45) is 5.92 Å². The van der Waals surface area contributed by atoms with E-state index in [-0.39, 0.29) is 11.7 Å². The molecule has 1 aromatic rings. The van der Waals surface area contributed by atoms with E-state index in [1.54, 1.807) is 0 Å². The summed E-state index contributed by atoms with van der Waals surface area (Å²) >= 11 is 0. The van der Waals surface area contributed by atoms with Crippen LogP contribution in [0.1, 0.15) is 32.3 Å². The number of methoxy groups -OCH3 is 1. The zero-order chi connectivity index (χ0) is 19.3. The molecule has 3 N–H and O–H groups in total. The van der Waals surface area contributed by atoms with Crippen molar-refractivity contribution in [3.8, 4) is 0 Å². The fourth-order valence-electron chi connectivity index (χ4n) is 3.44. The molecular formula is C19H26N2O5. The van der Waals surface area contributed by atoms with Crippen LogP contribution in [0.5, 0.6) is 0 Å². The Bertz CT molecular complexity index is 661. The van der Waals surface area contributed by atoms with E-state index in [1.807, 2.05) is 44.2 Å². The molecule has 1 fully saturated rings. The second-order valence-corrected chi connectivity index (χ2v) is 7.04. The average molecular weight is 362 g/mol. The summed E-state index contributed by atoms with van der Waals surface area (Å²) in [6, 6.07) is 7.90. The molecule has 2 rings (SSSR count). The van der Waals surface area contributed by atoms with E-state index < -0.39 is 29.7 Å². The van der Waals surface area contributed by atoms with Gasteiger partial charge in [0.05, 0.1) is 18.7 Å². The fourth-order valence-corrected chi connectivity index (χ4v) is 3.44. The number of ketones is 1. The Kier molecular flexibility index (Phi) is 6.37. The zero-order valence-corrected chi connectivity index (χ0v) is 15.3. The number of carboxylic acids is 1. The van der Waals surface area contributed by atoms with Gasteiger partial charge < -0.3 is 15.2 Å². The van der Waals surface area contributed by atoms with Crippen LogP contribution in [-0.2, 0) is 20.7 Å². The molecule has 1 saturated heterocycles. The molecule has 1 aliphatic rings. The Labute approximate surface area is 153 Å². The molecule has 7 nitrogen and oxygen atoms in total. The van der Waals surface area contributed by atoms with Gasteiger partial charge in [0.1, 0.15) is 6.04 Å². The lowest BCUT2D eigenvalue weighted by Crippen LogP contribution is -2.61. The van der Waals surface area contributed by atoms with Crippen LogP contribution < -0.4 is 10.6 Å². The summed E-state index contributed by atoms with van der Waals surface area (Å²) in [4.78, 5) is 36.5. The predicted octanol–water partition coefficient (Wildman–Crippen LogP) is 1.75. The molecule has 0 aliphatic carbocycles. The van der Waals surface area contributed by atoms with Crippen molar-refractivity contribution in [3.05, 3.63) is 35.9 Å². The number of amides is 1.